The van der Waals surface area contributed by atoms with Gasteiger partial charge in [-0.3, -0.25) is 0 Å². The molecular weight excluding hydrogens is 277 g/mol. The zero-order valence-corrected chi connectivity index (χ0v) is 10.6. The van der Waals surface area contributed by atoms with Gasteiger partial charge in [0.05, 0.1) is 17.7 Å². The van der Waals surface area contributed by atoms with Crippen molar-refractivity contribution in [3.05, 3.63) is 29.6 Å². The van der Waals surface area contributed by atoms with Crippen molar-refractivity contribution in [1.82, 2.24) is 4.72 Å². The largest absolute Gasteiger partial charge is 0.478 e. The van der Waals surface area contributed by atoms with Gasteiger partial charge in [0.25, 0.3) is 0 Å². The Kier molecular flexibility index (Phi) is 3.33. The van der Waals surface area contributed by atoms with Crippen LogP contribution in [0.3, 0.4) is 0 Å². The second-order valence-corrected chi connectivity index (χ2v) is 6.15. The summed E-state index contributed by atoms with van der Waals surface area (Å²) in [5.41, 5.74) is -1.24. The predicted molar refractivity (Wildman–Crippen MR) is 62.7 cm³/mol. The van der Waals surface area contributed by atoms with E-state index in [0.717, 1.165) is 12.1 Å². The van der Waals surface area contributed by atoms with Crippen molar-refractivity contribution in [2.75, 3.05) is 6.61 Å². The van der Waals surface area contributed by atoms with Crippen molar-refractivity contribution in [3.8, 4) is 0 Å². The molecule has 3 N–H and O–H groups in total. The molecule has 1 aromatic rings. The monoisotopic (exact) mass is 289 g/mol. The summed E-state index contributed by atoms with van der Waals surface area (Å²) in [6, 6.07) is 2.56. The molecule has 104 valence electrons. The first-order valence-corrected chi connectivity index (χ1v) is 6.96. The highest BCUT2D eigenvalue weighted by molar-refractivity contribution is 7.89. The van der Waals surface area contributed by atoms with Crippen LogP contribution in [0.15, 0.2) is 23.1 Å². The molecule has 19 heavy (non-hydrogen) atoms. The molecule has 0 saturated heterocycles. The molecule has 0 spiro atoms. The average Bonchev–Trinajstić information content (AvgIpc) is 3.08. The first-order valence-electron chi connectivity index (χ1n) is 5.47. The van der Waals surface area contributed by atoms with Crippen molar-refractivity contribution in [3.63, 3.8) is 0 Å². The van der Waals surface area contributed by atoms with Gasteiger partial charge in [-0.15, -0.1) is 0 Å². The van der Waals surface area contributed by atoms with Crippen LogP contribution in [0.25, 0.3) is 0 Å². The third-order valence-electron chi connectivity index (χ3n) is 2.98. The average molecular weight is 289 g/mol. The molecule has 1 aliphatic rings. The highest BCUT2D eigenvalue weighted by Gasteiger charge is 2.46. The molecule has 0 atom stereocenters. The predicted octanol–water partition coefficient (Wildman–Crippen LogP) is 0.327. The van der Waals surface area contributed by atoms with Crippen LogP contribution in [0.1, 0.15) is 23.2 Å². The van der Waals surface area contributed by atoms with Crippen LogP contribution >= 0.6 is 0 Å². The Morgan fingerprint density at radius 2 is 2.05 bits per heavy atom. The molecule has 1 saturated carbocycles. The molecule has 0 radical (unpaired) electrons. The zero-order valence-electron chi connectivity index (χ0n) is 9.76. The molecule has 0 heterocycles. The third kappa shape index (κ3) is 2.75. The number of sulfonamides is 1. The van der Waals surface area contributed by atoms with E-state index in [0.29, 0.717) is 18.9 Å². The molecule has 0 aromatic heterocycles. The van der Waals surface area contributed by atoms with E-state index >= 15 is 0 Å². The minimum atomic E-state index is -4.12. The number of carbonyl (C=O) groups is 1. The maximum Gasteiger partial charge on any atom is 0.335 e. The number of hydrogen-bond donors (Lipinski definition) is 3. The van der Waals surface area contributed by atoms with Crippen molar-refractivity contribution < 1.29 is 27.8 Å². The van der Waals surface area contributed by atoms with Crippen LogP contribution in [-0.2, 0) is 10.0 Å². The zero-order chi connectivity index (χ0) is 14.3. The summed E-state index contributed by atoms with van der Waals surface area (Å²) in [6.07, 6.45) is 0.967. The molecule has 1 fully saturated rings. The molecule has 0 bridgehead atoms. The number of benzene rings is 1. The van der Waals surface area contributed by atoms with E-state index < -0.39 is 32.2 Å². The normalized spacial score (nSPS) is 17.2. The number of carboxylic acids is 1. The first-order chi connectivity index (χ1) is 8.80. The number of rotatable bonds is 5. The summed E-state index contributed by atoms with van der Waals surface area (Å²) in [6.45, 7) is -0.360. The van der Waals surface area contributed by atoms with Gasteiger partial charge in [-0.05, 0) is 31.0 Å². The fourth-order valence-corrected chi connectivity index (χ4v) is 3.15. The molecule has 0 amide bonds. The van der Waals surface area contributed by atoms with Crippen molar-refractivity contribution in [2.45, 2.75) is 23.3 Å². The van der Waals surface area contributed by atoms with Crippen LogP contribution in [0.2, 0.25) is 0 Å². The van der Waals surface area contributed by atoms with E-state index in [2.05, 4.69) is 4.72 Å². The minimum Gasteiger partial charge on any atom is -0.478 e. The first kappa shape index (κ1) is 13.9. The van der Waals surface area contributed by atoms with Gasteiger partial charge in [-0.1, -0.05) is 0 Å². The van der Waals surface area contributed by atoms with Gasteiger partial charge in [0, 0.05) is 0 Å². The third-order valence-corrected chi connectivity index (χ3v) is 4.59. The molecule has 0 unspecified atom stereocenters. The molecule has 2 rings (SSSR count). The Labute approximate surface area is 108 Å². The van der Waals surface area contributed by atoms with Gasteiger partial charge >= 0.3 is 5.97 Å². The van der Waals surface area contributed by atoms with E-state index in [1.54, 1.807) is 0 Å². The van der Waals surface area contributed by atoms with Crippen LogP contribution in [0.5, 0.6) is 0 Å². The highest BCUT2D eigenvalue weighted by Crippen LogP contribution is 2.36. The number of hydrogen-bond acceptors (Lipinski definition) is 4. The molecule has 1 aliphatic carbocycles. The molecule has 8 heteroatoms. The van der Waals surface area contributed by atoms with Crippen LogP contribution in [-0.4, -0.2) is 36.7 Å². The lowest BCUT2D eigenvalue weighted by atomic mass is 10.2. The molecular formula is C11H12FNO5S. The Balaban J connectivity index is 2.33. The van der Waals surface area contributed by atoms with Crippen LogP contribution in [0, 0.1) is 5.82 Å². The van der Waals surface area contributed by atoms with Crippen LogP contribution < -0.4 is 4.72 Å². The van der Waals surface area contributed by atoms with Gasteiger partial charge in [0.2, 0.25) is 10.0 Å². The highest BCUT2D eigenvalue weighted by atomic mass is 32.2. The number of aliphatic hydroxyl groups is 1. The van der Waals surface area contributed by atoms with Gasteiger partial charge in [-0.25, -0.2) is 22.3 Å². The summed E-state index contributed by atoms with van der Waals surface area (Å²) in [5, 5.41) is 17.7. The smallest absolute Gasteiger partial charge is 0.335 e. The molecule has 6 nitrogen and oxygen atoms in total. The van der Waals surface area contributed by atoms with E-state index in [1.165, 1.54) is 0 Å². The summed E-state index contributed by atoms with van der Waals surface area (Å²) in [5.74, 6) is -2.48. The fraction of sp³-hybridized carbons (Fsp3) is 0.364. The number of carboxylic acid groups (broad SMARTS) is 1. The van der Waals surface area contributed by atoms with Gasteiger partial charge in [0.1, 0.15) is 10.7 Å². The van der Waals surface area contributed by atoms with Crippen molar-refractivity contribution in [1.29, 1.82) is 0 Å². The van der Waals surface area contributed by atoms with Crippen molar-refractivity contribution in [2.24, 2.45) is 0 Å². The van der Waals surface area contributed by atoms with Gasteiger partial charge in [-0.2, -0.15) is 0 Å². The quantitative estimate of drug-likeness (QED) is 0.724. The van der Waals surface area contributed by atoms with Gasteiger partial charge in [0.15, 0.2) is 0 Å². The van der Waals surface area contributed by atoms with Crippen molar-refractivity contribution >= 4 is 16.0 Å². The maximum absolute atomic E-state index is 13.7. The standard InChI is InChI=1S/C11H12FNO5S/c12-8-5-7(10(15)16)1-2-9(8)19(17,18)13-11(6-14)3-4-11/h1-2,5,13-14H,3-4,6H2,(H,15,16). The van der Waals surface area contributed by atoms with E-state index in [9.17, 15) is 17.6 Å². The number of nitrogens with one attached hydrogen (secondary N) is 1. The topological polar surface area (TPSA) is 104 Å². The summed E-state index contributed by atoms with van der Waals surface area (Å²) < 4.78 is 39.8. The fourth-order valence-electron chi connectivity index (χ4n) is 1.64. The number of halogens is 1. The lowest BCUT2D eigenvalue weighted by Gasteiger charge is -2.15. The second-order valence-electron chi connectivity index (χ2n) is 4.49. The Morgan fingerprint density at radius 3 is 2.47 bits per heavy atom. The lowest BCUT2D eigenvalue weighted by Crippen LogP contribution is -2.39. The number of aliphatic hydroxyl groups excluding tert-OH is 1. The van der Waals surface area contributed by atoms with E-state index in [1.807, 2.05) is 0 Å². The summed E-state index contributed by atoms with van der Waals surface area (Å²) in [7, 11) is -4.12. The second kappa shape index (κ2) is 4.55. The van der Waals surface area contributed by atoms with E-state index in [-0.39, 0.29) is 12.2 Å². The van der Waals surface area contributed by atoms with E-state index in [4.69, 9.17) is 10.2 Å². The minimum absolute atomic E-state index is 0.334. The van der Waals surface area contributed by atoms with Crippen LogP contribution in [0.4, 0.5) is 4.39 Å². The Hall–Kier alpha value is -1.51. The lowest BCUT2D eigenvalue weighted by molar-refractivity contribution is 0.0696. The summed E-state index contributed by atoms with van der Waals surface area (Å²) in [4.78, 5) is 10.0. The maximum atomic E-state index is 13.7. The molecule has 1 aromatic carbocycles. The SMILES string of the molecule is O=C(O)c1ccc(S(=O)(=O)NC2(CO)CC2)c(F)c1. The molecule has 0 aliphatic heterocycles. The Morgan fingerprint density at radius 1 is 1.42 bits per heavy atom. The summed E-state index contributed by atoms with van der Waals surface area (Å²) >= 11 is 0. The Bertz CT molecular complexity index is 624. The van der Waals surface area contributed by atoms with Gasteiger partial charge < -0.3 is 10.2 Å². The number of aromatic carboxylic acids is 1.